The molecule has 0 aliphatic carbocycles. The number of phenols is 2. The zero-order valence-electron chi connectivity index (χ0n) is 12.2. The quantitative estimate of drug-likeness (QED) is 0.180. The van der Waals surface area contributed by atoms with Crippen LogP contribution in [0.3, 0.4) is 0 Å². The minimum absolute atomic E-state index is 0.0210. The highest BCUT2D eigenvalue weighted by atomic mass is 19.1. The van der Waals surface area contributed by atoms with Crippen LogP contribution >= 0.6 is 0 Å². The van der Waals surface area contributed by atoms with Gasteiger partial charge in [0.2, 0.25) is 11.6 Å². The van der Waals surface area contributed by atoms with Crippen LogP contribution in [0.5, 0.6) is 11.5 Å². The molecule has 2 heterocycles. The topological polar surface area (TPSA) is 149 Å². The Bertz CT molecular complexity index is 997. The van der Waals surface area contributed by atoms with Gasteiger partial charge in [0.15, 0.2) is 5.75 Å². The third-order valence-electron chi connectivity index (χ3n) is 3.25. The van der Waals surface area contributed by atoms with Crippen LogP contribution in [0.2, 0.25) is 0 Å². The number of phenolic OH excluding ortho intramolecular Hbond substituents is 2. The second-order valence-electron chi connectivity index (χ2n) is 4.81. The van der Waals surface area contributed by atoms with E-state index in [1.165, 1.54) is 12.1 Å². The van der Waals surface area contributed by atoms with Gasteiger partial charge in [-0.05, 0) is 12.1 Å². The Kier molecular flexibility index (Phi) is 3.81. The summed E-state index contributed by atoms with van der Waals surface area (Å²) in [7, 11) is 0. The second kappa shape index (κ2) is 5.96. The van der Waals surface area contributed by atoms with Crippen molar-refractivity contribution >= 4 is 5.69 Å². The molecule has 0 unspecified atom stereocenters. The van der Waals surface area contributed by atoms with Gasteiger partial charge in [0.25, 0.3) is 5.69 Å². The average Bonchev–Trinajstić information content (AvgIpc) is 2.59. The number of aromatic hydroxyl groups is 2. The first-order valence-electron chi connectivity index (χ1n) is 6.67. The molecular weight excluding hydrogens is 337 g/mol. The molecule has 2 aromatic heterocycles. The van der Waals surface area contributed by atoms with Crippen molar-refractivity contribution in [3.8, 4) is 34.3 Å². The van der Waals surface area contributed by atoms with E-state index in [0.717, 1.165) is 24.4 Å². The molecule has 0 fully saturated rings. The zero-order chi connectivity index (χ0) is 18.1. The molecule has 2 N–H and O–H groups in total. The smallest absolute Gasteiger partial charge is 0.371 e. The standard InChI is InChI=1S/C14H8FN5O5/c15-12-3-1-2-9(19(12)23)14-17-8(6-16-18-14)7-4-10(20(24)25)13(22)11(21)5-7/h1-6,21-22H. The fourth-order valence-corrected chi connectivity index (χ4v) is 2.08. The molecule has 25 heavy (non-hydrogen) atoms. The summed E-state index contributed by atoms with van der Waals surface area (Å²) >= 11 is 0. The highest BCUT2D eigenvalue weighted by Gasteiger charge is 2.22. The molecule has 0 bridgehead atoms. The second-order valence-corrected chi connectivity index (χ2v) is 4.81. The van der Waals surface area contributed by atoms with Gasteiger partial charge < -0.3 is 15.4 Å². The fourth-order valence-electron chi connectivity index (χ4n) is 2.08. The van der Waals surface area contributed by atoms with E-state index < -0.39 is 28.1 Å². The Morgan fingerprint density at radius 3 is 2.72 bits per heavy atom. The monoisotopic (exact) mass is 345 g/mol. The van der Waals surface area contributed by atoms with Crippen LogP contribution in [0.25, 0.3) is 22.8 Å². The number of pyridine rings is 1. The van der Waals surface area contributed by atoms with Crippen molar-refractivity contribution in [1.82, 2.24) is 15.2 Å². The number of rotatable bonds is 3. The minimum atomic E-state index is -1.07. The molecule has 0 radical (unpaired) electrons. The van der Waals surface area contributed by atoms with Gasteiger partial charge >= 0.3 is 11.6 Å². The van der Waals surface area contributed by atoms with Crippen molar-refractivity contribution < 1.29 is 24.3 Å². The fraction of sp³-hybridized carbons (Fsp3) is 0. The highest BCUT2D eigenvalue weighted by Crippen LogP contribution is 2.38. The summed E-state index contributed by atoms with van der Waals surface area (Å²) in [6.45, 7) is 0. The maximum atomic E-state index is 13.4. The van der Waals surface area contributed by atoms with Crippen molar-refractivity contribution in [2.24, 2.45) is 0 Å². The summed E-state index contributed by atoms with van der Waals surface area (Å²) in [5.74, 6) is -2.90. The number of halogens is 1. The van der Waals surface area contributed by atoms with Gasteiger partial charge in [-0.15, -0.1) is 14.2 Å². The average molecular weight is 345 g/mol. The molecule has 3 aromatic rings. The summed E-state index contributed by atoms with van der Waals surface area (Å²) in [6, 6.07) is 5.52. The van der Waals surface area contributed by atoms with Crippen molar-refractivity contribution in [3.63, 3.8) is 0 Å². The van der Waals surface area contributed by atoms with Crippen LogP contribution in [0, 0.1) is 21.3 Å². The van der Waals surface area contributed by atoms with Crippen LogP contribution in [0.1, 0.15) is 0 Å². The third-order valence-corrected chi connectivity index (χ3v) is 3.25. The van der Waals surface area contributed by atoms with E-state index in [9.17, 15) is 29.9 Å². The Morgan fingerprint density at radius 1 is 1.24 bits per heavy atom. The molecule has 0 amide bonds. The van der Waals surface area contributed by atoms with Crippen LogP contribution in [0.4, 0.5) is 10.1 Å². The lowest BCUT2D eigenvalue weighted by atomic mass is 10.1. The molecule has 0 atom stereocenters. The Morgan fingerprint density at radius 2 is 2.00 bits per heavy atom. The number of hydrogen-bond acceptors (Lipinski definition) is 8. The lowest BCUT2D eigenvalue weighted by molar-refractivity contribution is -0.626. The molecule has 10 nitrogen and oxygen atoms in total. The first kappa shape index (κ1) is 16.0. The van der Waals surface area contributed by atoms with Crippen LogP contribution < -0.4 is 4.73 Å². The largest absolute Gasteiger partial charge is 0.616 e. The van der Waals surface area contributed by atoms with Gasteiger partial charge in [-0.1, -0.05) is 0 Å². The maximum absolute atomic E-state index is 13.4. The summed E-state index contributed by atoms with van der Waals surface area (Å²) < 4.78 is 13.3. The van der Waals surface area contributed by atoms with Gasteiger partial charge in [0, 0.05) is 23.8 Å². The van der Waals surface area contributed by atoms with Crippen LogP contribution in [-0.2, 0) is 0 Å². The molecule has 3 rings (SSSR count). The van der Waals surface area contributed by atoms with E-state index in [-0.39, 0.29) is 27.5 Å². The first-order chi connectivity index (χ1) is 11.9. The van der Waals surface area contributed by atoms with E-state index in [0.29, 0.717) is 0 Å². The molecule has 0 spiro atoms. The number of aromatic nitrogens is 4. The molecule has 11 heteroatoms. The summed E-state index contributed by atoms with van der Waals surface area (Å²) in [5.41, 5.74) is -0.883. The van der Waals surface area contributed by atoms with Gasteiger partial charge in [0.05, 0.1) is 16.8 Å². The van der Waals surface area contributed by atoms with Crippen LogP contribution in [0.15, 0.2) is 36.5 Å². The number of nitro benzene ring substituents is 1. The maximum Gasteiger partial charge on any atom is 0.371 e. The SMILES string of the molecule is O=[N+]([O-])c1cc(-c2cnnc(-c3cccc(F)[n+]3[O-])n2)cc(O)c1O. The lowest BCUT2D eigenvalue weighted by Crippen LogP contribution is -2.34. The van der Waals surface area contributed by atoms with E-state index >= 15 is 0 Å². The Balaban J connectivity index is 2.15. The molecule has 0 aliphatic rings. The molecule has 0 saturated heterocycles. The summed E-state index contributed by atoms with van der Waals surface area (Å²) in [5, 5.41) is 49.1. The van der Waals surface area contributed by atoms with Crippen molar-refractivity contribution in [2.45, 2.75) is 0 Å². The van der Waals surface area contributed by atoms with E-state index in [2.05, 4.69) is 15.2 Å². The third kappa shape index (κ3) is 2.85. The number of nitrogens with zero attached hydrogens (tertiary/aromatic N) is 5. The van der Waals surface area contributed by atoms with Crippen molar-refractivity contribution in [3.05, 3.63) is 57.8 Å². The van der Waals surface area contributed by atoms with Crippen LogP contribution in [-0.4, -0.2) is 30.3 Å². The summed E-state index contributed by atoms with van der Waals surface area (Å²) in [6.07, 6.45) is 1.13. The summed E-state index contributed by atoms with van der Waals surface area (Å²) in [4.78, 5) is 14.1. The molecular formula is C14H8FN5O5. The number of nitro groups is 1. The van der Waals surface area contributed by atoms with Gasteiger partial charge in [-0.3, -0.25) is 10.1 Å². The van der Waals surface area contributed by atoms with Crippen molar-refractivity contribution in [2.75, 3.05) is 0 Å². The van der Waals surface area contributed by atoms with E-state index in [1.807, 2.05) is 0 Å². The Labute approximate surface area is 138 Å². The van der Waals surface area contributed by atoms with E-state index in [4.69, 9.17) is 0 Å². The minimum Gasteiger partial charge on any atom is -0.616 e. The number of hydrogen-bond donors (Lipinski definition) is 2. The predicted molar refractivity (Wildman–Crippen MR) is 79.6 cm³/mol. The predicted octanol–water partition coefficient (Wildman–Crippen LogP) is 1.30. The zero-order valence-corrected chi connectivity index (χ0v) is 12.2. The number of benzene rings is 1. The lowest BCUT2D eigenvalue weighted by Gasteiger charge is -2.06. The highest BCUT2D eigenvalue weighted by molar-refractivity contribution is 5.70. The molecule has 0 aliphatic heterocycles. The Hall–Kier alpha value is -3.89. The van der Waals surface area contributed by atoms with Gasteiger partial charge in [-0.25, -0.2) is 4.98 Å². The first-order valence-corrected chi connectivity index (χ1v) is 6.67. The van der Waals surface area contributed by atoms with Crippen molar-refractivity contribution in [1.29, 1.82) is 0 Å². The van der Waals surface area contributed by atoms with E-state index in [1.54, 1.807) is 0 Å². The van der Waals surface area contributed by atoms with Gasteiger partial charge in [0.1, 0.15) is 0 Å². The molecule has 0 saturated carbocycles. The molecule has 126 valence electrons. The van der Waals surface area contributed by atoms with Gasteiger partial charge in [-0.2, -0.15) is 5.10 Å². The molecule has 1 aromatic carbocycles. The normalized spacial score (nSPS) is 10.6.